The molecule has 0 unspecified atom stereocenters. The molecule has 8 heteroatoms. The van der Waals surface area contributed by atoms with Gasteiger partial charge < -0.3 is 9.64 Å². The van der Waals surface area contributed by atoms with Crippen LogP contribution in [0.25, 0.3) is 0 Å². The maximum absolute atomic E-state index is 10.9. The van der Waals surface area contributed by atoms with Gasteiger partial charge in [-0.1, -0.05) is 13.8 Å². The summed E-state index contributed by atoms with van der Waals surface area (Å²) in [5.74, 6) is 0.0488. The molecule has 0 saturated heterocycles. The van der Waals surface area contributed by atoms with E-state index >= 15 is 0 Å². The van der Waals surface area contributed by atoms with Crippen LogP contribution in [-0.2, 0) is 0 Å². The molecule has 0 bridgehead atoms. The smallest absolute Gasteiger partial charge is 0.317 e. The predicted octanol–water partition coefficient (Wildman–Crippen LogP) is 2.22. The highest BCUT2D eigenvalue weighted by Gasteiger charge is 2.20. The Labute approximate surface area is 116 Å². The third kappa shape index (κ3) is 4.16. The first-order valence-corrected chi connectivity index (χ1v) is 6.27. The minimum atomic E-state index is -0.681. The fourth-order valence-corrected chi connectivity index (χ4v) is 1.71. The standard InChI is InChI=1S/C12H17N3O5/c1-3-13(4-2)7-8-20-12-6-5-10(14(16)17)9-11(12)15(18)19/h5-6,9H,3-4,7-8H2,1-2H3. The number of hydrogen-bond donors (Lipinski definition) is 0. The van der Waals surface area contributed by atoms with Gasteiger partial charge in [0.1, 0.15) is 6.61 Å². The molecule has 0 N–H and O–H groups in total. The van der Waals surface area contributed by atoms with Crippen LogP contribution in [0.15, 0.2) is 18.2 Å². The molecular weight excluding hydrogens is 266 g/mol. The molecule has 0 aliphatic rings. The van der Waals surface area contributed by atoms with Gasteiger partial charge in [0.25, 0.3) is 5.69 Å². The van der Waals surface area contributed by atoms with E-state index in [0.717, 1.165) is 19.2 Å². The average molecular weight is 283 g/mol. The number of rotatable bonds is 8. The lowest BCUT2D eigenvalue weighted by Crippen LogP contribution is -2.28. The molecule has 0 amide bonds. The molecule has 1 aromatic carbocycles. The number of nitro benzene ring substituents is 2. The minimum Gasteiger partial charge on any atom is -0.485 e. The van der Waals surface area contributed by atoms with Gasteiger partial charge in [-0.3, -0.25) is 20.2 Å². The van der Waals surface area contributed by atoms with E-state index in [1.165, 1.54) is 12.1 Å². The fourth-order valence-electron chi connectivity index (χ4n) is 1.71. The van der Waals surface area contributed by atoms with Crippen LogP contribution in [-0.4, -0.2) is 41.0 Å². The van der Waals surface area contributed by atoms with Crippen LogP contribution in [0.4, 0.5) is 11.4 Å². The van der Waals surface area contributed by atoms with Crippen LogP contribution in [0, 0.1) is 20.2 Å². The number of hydrogen-bond acceptors (Lipinski definition) is 6. The topological polar surface area (TPSA) is 98.8 Å². The lowest BCUT2D eigenvalue weighted by Gasteiger charge is -2.17. The van der Waals surface area contributed by atoms with E-state index in [-0.39, 0.29) is 11.4 Å². The van der Waals surface area contributed by atoms with Gasteiger partial charge in [0.05, 0.1) is 15.9 Å². The number of nitrogens with zero attached hydrogens (tertiary/aromatic N) is 3. The van der Waals surface area contributed by atoms with Gasteiger partial charge in [-0.2, -0.15) is 0 Å². The second-order valence-corrected chi connectivity index (χ2v) is 4.04. The largest absolute Gasteiger partial charge is 0.485 e. The summed E-state index contributed by atoms with van der Waals surface area (Å²) < 4.78 is 5.36. The average Bonchev–Trinajstić information content (AvgIpc) is 2.43. The van der Waals surface area contributed by atoms with E-state index in [1.807, 2.05) is 13.8 Å². The van der Waals surface area contributed by atoms with Crippen molar-refractivity contribution in [3.8, 4) is 5.75 Å². The molecule has 0 aliphatic carbocycles. The summed E-state index contributed by atoms with van der Waals surface area (Å²) in [7, 11) is 0. The van der Waals surface area contributed by atoms with Crippen molar-refractivity contribution >= 4 is 11.4 Å². The number of nitro groups is 2. The summed E-state index contributed by atoms with van der Waals surface area (Å²) in [5, 5.41) is 21.5. The SMILES string of the molecule is CCN(CC)CCOc1ccc([N+](=O)[O-])cc1[N+](=O)[O-]. The van der Waals surface area contributed by atoms with Crippen LogP contribution < -0.4 is 4.74 Å². The zero-order valence-electron chi connectivity index (χ0n) is 11.4. The van der Waals surface area contributed by atoms with Crippen molar-refractivity contribution < 1.29 is 14.6 Å². The number of benzene rings is 1. The molecule has 1 rings (SSSR count). The molecule has 1 aromatic rings. The second kappa shape index (κ2) is 7.39. The third-order valence-electron chi connectivity index (χ3n) is 2.91. The lowest BCUT2D eigenvalue weighted by atomic mass is 10.2. The van der Waals surface area contributed by atoms with Crippen molar-refractivity contribution in [2.45, 2.75) is 13.8 Å². The predicted molar refractivity (Wildman–Crippen MR) is 73.0 cm³/mol. The van der Waals surface area contributed by atoms with Crippen molar-refractivity contribution in [2.75, 3.05) is 26.2 Å². The maximum atomic E-state index is 10.9. The monoisotopic (exact) mass is 283 g/mol. The zero-order valence-corrected chi connectivity index (χ0v) is 11.4. The zero-order chi connectivity index (χ0) is 15.1. The van der Waals surface area contributed by atoms with Crippen LogP contribution in [0.2, 0.25) is 0 Å². The summed E-state index contributed by atoms with van der Waals surface area (Å²) in [6.07, 6.45) is 0. The molecule has 0 fully saturated rings. The van der Waals surface area contributed by atoms with Crippen LogP contribution in [0.3, 0.4) is 0 Å². The Balaban J connectivity index is 2.79. The molecule has 0 aromatic heterocycles. The molecule has 0 saturated carbocycles. The van der Waals surface area contributed by atoms with Crippen molar-refractivity contribution in [3.63, 3.8) is 0 Å². The van der Waals surface area contributed by atoms with E-state index in [0.29, 0.717) is 13.2 Å². The Kier molecular flexibility index (Phi) is 5.85. The summed E-state index contributed by atoms with van der Waals surface area (Å²) in [6.45, 7) is 6.68. The number of non-ortho nitro benzene ring substituents is 1. The summed E-state index contributed by atoms with van der Waals surface area (Å²) in [4.78, 5) is 22.3. The van der Waals surface area contributed by atoms with Gasteiger partial charge in [-0.05, 0) is 19.2 Å². The highest BCUT2D eigenvalue weighted by Crippen LogP contribution is 2.30. The number of ether oxygens (including phenoxy) is 1. The molecular formula is C12H17N3O5. The third-order valence-corrected chi connectivity index (χ3v) is 2.91. The Morgan fingerprint density at radius 3 is 2.30 bits per heavy atom. The Hall–Kier alpha value is -2.22. The quantitative estimate of drug-likeness (QED) is 0.535. The molecule has 0 spiro atoms. The molecule has 110 valence electrons. The van der Waals surface area contributed by atoms with Gasteiger partial charge >= 0.3 is 5.69 Å². The van der Waals surface area contributed by atoms with E-state index in [1.54, 1.807) is 0 Å². The van der Waals surface area contributed by atoms with Crippen LogP contribution >= 0.6 is 0 Å². The first kappa shape index (κ1) is 15.8. The fraction of sp³-hybridized carbons (Fsp3) is 0.500. The van der Waals surface area contributed by atoms with E-state index in [2.05, 4.69) is 4.90 Å². The Morgan fingerprint density at radius 1 is 1.15 bits per heavy atom. The Morgan fingerprint density at radius 2 is 1.80 bits per heavy atom. The molecule has 8 nitrogen and oxygen atoms in total. The molecule has 0 radical (unpaired) electrons. The lowest BCUT2D eigenvalue weighted by molar-refractivity contribution is -0.394. The summed E-state index contributed by atoms with van der Waals surface area (Å²) >= 11 is 0. The first-order chi connectivity index (χ1) is 9.49. The van der Waals surface area contributed by atoms with Crippen molar-refractivity contribution in [1.29, 1.82) is 0 Å². The van der Waals surface area contributed by atoms with Crippen LogP contribution in [0.5, 0.6) is 5.75 Å². The highest BCUT2D eigenvalue weighted by molar-refractivity contribution is 5.53. The molecule has 0 heterocycles. The second-order valence-electron chi connectivity index (χ2n) is 4.04. The first-order valence-electron chi connectivity index (χ1n) is 6.27. The summed E-state index contributed by atoms with van der Waals surface area (Å²) in [5.41, 5.74) is -0.716. The molecule has 20 heavy (non-hydrogen) atoms. The normalized spacial score (nSPS) is 10.6. The van der Waals surface area contributed by atoms with Crippen molar-refractivity contribution in [1.82, 2.24) is 4.90 Å². The maximum Gasteiger partial charge on any atom is 0.317 e. The van der Waals surface area contributed by atoms with Gasteiger partial charge in [0, 0.05) is 12.6 Å². The van der Waals surface area contributed by atoms with E-state index in [4.69, 9.17) is 4.74 Å². The molecule has 0 atom stereocenters. The van der Waals surface area contributed by atoms with E-state index in [9.17, 15) is 20.2 Å². The minimum absolute atomic E-state index is 0.0488. The van der Waals surface area contributed by atoms with Gasteiger partial charge in [-0.25, -0.2) is 0 Å². The summed E-state index contributed by atoms with van der Waals surface area (Å²) in [6, 6.07) is 3.37. The van der Waals surface area contributed by atoms with Gasteiger partial charge in [0.15, 0.2) is 5.75 Å². The van der Waals surface area contributed by atoms with Gasteiger partial charge in [0.2, 0.25) is 0 Å². The number of likely N-dealkylation sites (N-methyl/N-ethyl adjacent to an activating group) is 1. The van der Waals surface area contributed by atoms with Crippen molar-refractivity contribution in [3.05, 3.63) is 38.4 Å². The Bertz CT molecular complexity index is 488. The highest BCUT2D eigenvalue weighted by atomic mass is 16.6. The van der Waals surface area contributed by atoms with E-state index < -0.39 is 15.5 Å². The van der Waals surface area contributed by atoms with Gasteiger partial charge in [-0.15, -0.1) is 0 Å². The van der Waals surface area contributed by atoms with Crippen LogP contribution in [0.1, 0.15) is 13.8 Å². The van der Waals surface area contributed by atoms with Crippen molar-refractivity contribution in [2.24, 2.45) is 0 Å². The molecule has 0 aliphatic heterocycles.